The summed E-state index contributed by atoms with van der Waals surface area (Å²) in [5.74, 6) is -0.839. The Kier molecular flexibility index (Phi) is 6.27. The van der Waals surface area contributed by atoms with Gasteiger partial charge in [0.05, 0.1) is 17.7 Å². The highest BCUT2D eigenvalue weighted by atomic mass is 16.4. The SMILES string of the molecule is O=C(O)c1cccc(N(Cc2ccc(-c3ccccc3-c3nn[nH]n3)cc2)C(=O)c2cccnc2)c1. The van der Waals surface area contributed by atoms with Crippen LogP contribution in [-0.2, 0) is 6.54 Å². The van der Waals surface area contributed by atoms with E-state index in [1.807, 2.05) is 48.5 Å². The number of carbonyl (C=O) groups is 2. The van der Waals surface area contributed by atoms with Gasteiger partial charge in [-0.1, -0.05) is 54.6 Å². The summed E-state index contributed by atoms with van der Waals surface area (Å²) < 4.78 is 0. The number of hydrogen-bond donors (Lipinski definition) is 2. The van der Waals surface area contributed by atoms with E-state index in [0.29, 0.717) is 17.1 Å². The molecule has 0 unspecified atom stereocenters. The second-order valence-corrected chi connectivity index (χ2v) is 7.97. The number of H-pyrrole nitrogens is 1. The number of tetrazole rings is 1. The topological polar surface area (TPSA) is 125 Å². The molecule has 2 aromatic heterocycles. The first-order chi connectivity index (χ1) is 17.6. The number of aromatic amines is 1. The van der Waals surface area contributed by atoms with E-state index in [2.05, 4.69) is 25.6 Å². The van der Waals surface area contributed by atoms with Crippen LogP contribution in [0.1, 0.15) is 26.3 Å². The zero-order valence-corrected chi connectivity index (χ0v) is 18.9. The molecule has 176 valence electrons. The Morgan fingerprint density at radius 1 is 0.861 bits per heavy atom. The standard InChI is InChI=1S/C27H20N6O3/c34-26(21-6-4-14-28-16-21)33(22-7-3-5-20(15-22)27(35)36)17-18-10-12-19(13-11-18)23-8-1-2-9-24(23)25-29-31-32-30-25/h1-16H,17H2,(H,35,36)(H,29,30,31,32). The highest BCUT2D eigenvalue weighted by Crippen LogP contribution is 2.30. The van der Waals surface area contributed by atoms with Crippen LogP contribution in [0.2, 0.25) is 0 Å². The molecule has 9 nitrogen and oxygen atoms in total. The van der Waals surface area contributed by atoms with Crippen LogP contribution in [0.15, 0.2) is 97.3 Å². The van der Waals surface area contributed by atoms with Gasteiger partial charge in [0.2, 0.25) is 5.82 Å². The van der Waals surface area contributed by atoms with Gasteiger partial charge in [-0.3, -0.25) is 9.78 Å². The first-order valence-electron chi connectivity index (χ1n) is 11.1. The van der Waals surface area contributed by atoms with E-state index in [4.69, 9.17) is 0 Å². The fourth-order valence-electron chi connectivity index (χ4n) is 3.91. The van der Waals surface area contributed by atoms with Gasteiger partial charge in [-0.25, -0.2) is 4.79 Å². The fourth-order valence-corrected chi connectivity index (χ4v) is 3.91. The van der Waals surface area contributed by atoms with Crippen LogP contribution in [0.4, 0.5) is 5.69 Å². The van der Waals surface area contributed by atoms with Gasteiger partial charge in [-0.2, -0.15) is 5.21 Å². The highest BCUT2D eigenvalue weighted by molar-refractivity contribution is 6.06. The van der Waals surface area contributed by atoms with E-state index in [1.165, 1.54) is 18.3 Å². The van der Waals surface area contributed by atoms with E-state index >= 15 is 0 Å². The summed E-state index contributed by atoms with van der Waals surface area (Å²) in [5, 5.41) is 23.8. The molecule has 0 atom stereocenters. The van der Waals surface area contributed by atoms with Crippen LogP contribution in [0.3, 0.4) is 0 Å². The maximum Gasteiger partial charge on any atom is 0.335 e. The first-order valence-corrected chi connectivity index (χ1v) is 11.1. The van der Waals surface area contributed by atoms with Gasteiger partial charge in [0.1, 0.15) is 0 Å². The predicted octanol–water partition coefficient (Wildman–Crippen LogP) is 4.47. The number of amides is 1. The molecular weight excluding hydrogens is 456 g/mol. The summed E-state index contributed by atoms with van der Waals surface area (Å²) in [4.78, 5) is 30.5. The number of pyridine rings is 1. The maximum atomic E-state index is 13.4. The Labute approximate surface area is 206 Å². The van der Waals surface area contributed by atoms with Crippen molar-refractivity contribution >= 4 is 17.6 Å². The lowest BCUT2D eigenvalue weighted by Gasteiger charge is -2.23. The Morgan fingerprint density at radius 3 is 2.33 bits per heavy atom. The van der Waals surface area contributed by atoms with Crippen molar-refractivity contribution in [1.82, 2.24) is 25.6 Å². The number of anilines is 1. The molecule has 2 N–H and O–H groups in total. The van der Waals surface area contributed by atoms with E-state index < -0.39 is 5.97 Å². The van der Waals surface area contributed by atoms with Gasteiger partial charge in [0, 0.05) is 23.6 Å². The number of aromatic carboxylic acids is 1. The second kappa shape index (κ2) is 9.98. The molecule has 5 aromatic rings. The molecule has 3 aromatic carbocycles. The van der Waals surface area contributed by atoms with E-state index in [0.717, 1.165) is 22.3 Å². The number of carboxylic acids is 1. The van der Waals surface area contributed by atoms with Gasteiger partial charge in [-0.15, -0.1) is 10.2 Å². The lowest BCUT2D eigenvalue weighted by molar-refractivity contribution is 0.0696. The zero-order chi connectivity index (χ0) is 24.9. The van der Waals surface area contributed by atoms with Crippen molar-refractivity contribution in [2.75, 3.05) is 4.90 Å². The van der Waals surface area contributed by atoms with Gasteiger partial charge in [-0.05, 0) is 52.2 Å². The molecule has 0 saturated heterocycles. The van der Waals surface area contributed by atoms with Crippen LogP contribution in [0.25, 0.3) is 22.5 Å². The van der Waals surface area contributed by atoms with Crippen molar-refractivity contribution in [3.05, 3.63) is 114 Å². The normalized spacial score (nSPS) is 10.7. The third-order valence-corrected chi connectivity index (χ3v) is 5.68. The zero-order valence-electron chi connectivity index (χ0n) is 18.9. The second-order valence-electron chi connectivity index (χ2n) is 7.97. The molecule has 0 fully saturated rings. The highest BCUT2D eigenvalue weighted by Gasteiger charge is 2.20. The summed E-state index contributed by atoms with van der Waals surface area (Å²) in [6, 6.07) is 25.3. The van der Waals surface area contributed by atoms with Crippen LogP contribution < -0.4 is 4.90 Å². The van der Waals surface area contributed by atoms with Crippen LogP contribution >= 0.6 is 0 Å². The molecule has 0 radical (unpaired) electrons. The van der Waals surface area contributed by atoms with Crippen molar-refractivity contribution in [3.63, 3.8) is 0 Å². The van der Waals surface area contributed by atoms with Crippen molar-refractivity contribution in [3.8, 4) is 22.5 Å². The van der Waals surface area contributed by atoms with Gasteiger partial charge >= 0.3 is 5.97 Å². The molecule has 5 rings (SSSR count). The van der Waals surface area contributed by atoms with Crippen molar-refractivity contribution in [1.29, 1.82) is 0 Å². The van der Waals surface area contributed by atoms with E-state index in [1.54, 1.807) is 35.4 Å². The average molecular weight is 476 g/mol. The Hall–Kier alpha value is -5.18. The minimum Gasteiger partial charge on any atom is -0.478 e. The minimum absolute atomic E-state index is 0.102. The molecule has 0 aliphatic carbocycles. The minimum atomic E-state index is -1.06. The monoisotopic (exact) mass is 476 g/mol. The number of nitrogens with one attached hydrogen (secondary N) is 1. The van der Waals surface area contributed by atoms with Gasteiger partial charge < -0.3 is 10.0 Å². The van der Waals surface area contributed by atoms with Crippen molar-refractivity contribution < 1.29 is 14.7 Å². The number of carboxylic acid groups (broad SMARTS) is 1. The number of benzene rings is 3. The first kappa shape index (κ1) is 22.6. The Bertz CT molecular complexity index is 1500. The average Bonchev–Trinajstić information content (AvgIpc) is 3.47. The van der Waals surface area contributed by atoms with Gasteiger partial charge in [0.25, 0.3) is 5.91 Å². The van der Waals surface area contributed by atoms with Crippen molar-refractivity contribution in [2.24, 2.45) is 0 Å². The number of carbonyl (C=O) groups excluding carboxylic acids is 1. The van der Waals surface area contributed by atoms with Crippen LogP contribution in [-0.4, -0.2) is 42.6 Å². The summed E-state index contributed by atoms with van der Waals surface area (Å²) in [7, 11) is 0. The Balaban J connectivity index is 1.48. The number of hydrogen-bond acceptors (Lipinski definition) is 6. The molecule has 0 aliphatic rings. The molecule has 0 saturated carbocycles. The Morgan fingerprint density at radius 2 is 1.64 bits per heavy atom. The third kappa shape index (κ3) is 4.71. The third-order valence-electron chi connectivity index (χ3n) is 5.68. The molecule has 2 heterocycles. The van der Waals surface area contributed by atoms with Gasteiger partial charge in [0.15, 0.2) is 0 Å². The summed E-state index contributed by atoms with van der Waals surface area (Å²) in [6.45, 7) is 0.240. The predicted molar refractivity (Wildman–Crippen MR) is 133 cm³/mol. The number of nitrogens with zero attached hydrogens (tertiary/aromatic N) is 5. The van der Waals surface area contributed by atoms with E-state index in [-0.39, 0.29) is 18.0 Å². The lowest BCUT2D eigenvalue weighted by atomic mass is 9.98. The molecule has 9 heteroatoms. The number of aromatic nitrogens is 5. The largest absolute Gasteiger partial charge is 0.478 e. The molecule has 0 spiro atoms. The maximum absolute atomic E-state index is 13.4. The number of rotatable bonds is 7. The molecule has 36 heavy (non-hydrogen) atoms. The lowest BCUT2D eigenvalue weighted by Crippen LogP contribution is -2.30. The molecule has 0 aliphatic heterocycles. The summed E-state index contributed by atoms with van der Waals surface area (Å²) >= 11 is 0. The molecular formula is C27H20N6O3. The smallest absolute Gasteiger partial charge is 0.335 e. The van der Waals surface area contributed by atoms with Crippen molar-refractivity contribution in [2.45, 2.75) is 6.54 Å². The summed E-state index contributed by atoms with van der Waals surface area (Å²) in [6.07, 6.45) is 3.09. The van der Waals surface area contributed by atoms with E-state index in [9.17, 15) is 14.7 Å². The van der Waals surface area contributed by atoms with Crippen LogP contribution in [0.5, 0.6) is 0 Å². The molecule has 0 bridgehead atoms. The summed E-state index contributed by atoms with van der Waals surface area (Å²) in [5.41, 5.74) is 4.61. The quantitative estimate of drug-likeness (QED) is 0.355. The van der Waals surface area contributed by atoms with Crippen LogP contribution in [0, 0.1) is 0 Å². The molecule has 1 amide bonds. The fraction of sp³-hybridized carbons (Fsp3) is 0.0370.